The number of esters is 2. The van der Waals surface area contributed by atoms with E-state index in [1.807, 2.05) is 11.0 Å². The molecule has 18 nitrogen and oxygen atoms in total. The fraction of sp³-hybridized carbons (Fsp3) is 0.364. The molecular weight excluding hydrogens is 865 g/mol. The minimum Gasteiger partial charge on any atom is -0.462 e. The fourth-order valence-electron chi connectivity index (χ4n) is 6.97. The number of ether oxygens (including phenoxy) is 2. The van der Waals surface area contributed by atoms with Crippen LogP contribution in [0, 0.1) is 48.3 Å². The van der Waals surface area contributed by atoms with E-state index in [-0.39, 0.29) is 60.1 Å². The molecule has 2 amide bonds. The van der Waals surface area contributed by atoms with Crippen molar-refractivity contribution >= 4 is 55.4 Å². The summed E-state index contributed by atoms with van der Waals surface area (Å²) in [4.78, 5) is 61.4. The lowest BCUT2D eigenvalue weighted by Gasteiger charge is -2.39. The smallest absolute Gasteiger partial charge is 0.340 e. The first-order valence-electron chi connectivity index (χ1n) is 20.3. The predicted octanol–water partition coefficient (Wildman–Crippen LogP) is 3.82. The van der Waals surface area contributed by atoms with Gasteiger partial charge in [0.05, 0.1) is 64.3 Å². The molecule has 4 aromatic rings. The molecule has 2 aliphatic heterocycles. The Bertz CT molecular complexity index is 2670. The van der Waals surface area contributed by atoms with Crippen LogP contribution in [0.2, 0.25) is 0 Å². The molecule has 2 aromatic heterocycles. The second-order valence-corrected chi connectivity index (χ2v) is 18.4. The summed E-state index contributed by atoms with van der Waals surface area (Å²) in [6.07, 6.45) is 0.829. The highest BCUT2D eigenvalue weighted by molar-refractivity contribution is 7.89. The van der Waals surface area contributed by atoms with E-state index in [1.54, 1.807) is 93.3 Å². The van der Waals surface area contributed by atoms with Crippen molar-refractivity contribution in [2.75, 3.05) is 49.2 Å². The molecule has 2 fully saturated rings. The zero-order chi connectivity index (χ0) is 46.6. The van der Waals surface area contributed by atoms with Crippen LogP contribution in [0.1, 0.15) is 81.0 Å². The molecule has 0 atom stereocenters. The van der Waals surface area contributed by atoms with Crippen LogP contribution in [0.3, 0.4) is 0 Å². The minimum atomic E-state index is -3.81. The fourth-order valence-corrected chi connectivity index (χ4v) is 9.32. The highest BCUT2D eigenvalue weighted by Gasteiger charge is 2.37. The molecule has 0 bridgehead atoms. The van der Waals surface area contributed by atoms with E-state index in [0.717, 1.165) is 0 Å². The lowest BCUT2D eigenvalue weighted by atomic mass is 9.96. The van der Waals surface area contributed by atoms with Crippen molar-refractivity contribution in [3.63, 3.8) is 0 Å². The van der Waals surface area contributed by atoms with Crippen LogP contribution in [-0.2, 0) is 50.6 Å². The Kier molecular flexibility index (Phi) is 16.1. The number of benzene rings is 2. The third-order valence-electron chi connectivity index (χ3n) is 10.2. The highest BCUT2D eigenvalue weighted by Crippen LogP contribution is 2.29. The molecule has 20 heteroatoms. The molecule has 0 radical (unpaired) electrons. The molecule has 2 saturated heterocycles. The number of sulfonamides is 2. The number of pyridine rings is 2. The van der Waals surface area contributed by atoms with Gasteiger partial charge in [-0.15, -0.1) is 0 Å². The van der Waals surface area contributed by atoms with E-state index < -0.39 is 55.6 Å². The van der Waals surface area contributed by atoms with Gasteiger partial charge >= 0.3 is 11.9 Å². The third kappa shape index (κ3) is 12.6. The zero-order valence-corrected chi connectivity index (χ0v) is 37.4. The molecule has 6 rings (SSSR count). The van der Waals surface area contributed by atoms with Crippen LogP contribution in [0.25, 0.3) is 0 Å². The maximum Gasteiger partial charge on any atom is 0.340 e. The number of hydrogen-bond donors (Lipinski definition) is 2. The van der Waals surface area contributed by atoms with Gasteiger partial charge in [0.15, 0.2) is 0 Å². The Balaban J connectivity index is 0.000000241. The number of hydrogen-bond acceptors (Lipinski definition) is 16. The summed E-state index contributed by atoms with van der Waals surface area (Å²) in [5.41, 5.74) is 2.93. The quantitative estimate of drug-likeness (QED) is 0.170. The standard InChI is InChI=1S/C23H26N4O5S.C21H22N4O5S/c1-3-32-23(29)20-13-19(14-24)21(25-16(20)2)27-11-9-18(10-12-27)22(28)26-33(30,31)15-17-7-5-4-6-8-17;1-3-30-21(27)18-9-16(10-22)19(23-14(18)2)25-11-17(12-25)20(26)24-31(28,29)13-15-7-5-4-6-8-15/h4-8,13,18H,3,9-12,15H2,1-2H3,(H,26,28);4-9,17H,3,11-13H2,1-2H3,(H,24,26). The maximum absolute atomic E-state index is 12.6. The number of carbonyl (C=O) groups is 4. The van der Waals surface area contributed by atoms with Crippen LogP contribution in [-0.4, -0.2) is 89.9 Å². The lowest BCUT2D eigenvalue weighted by molar-refractivity contribution is -0.124. The summed E-state index contributed by atoms with van der Waals surface area (Å²) in [5.74, 6) is -2.97. The summed E-state index contributed by atoms with van der Waals surface area (Å²) in [5, 5.41) is 19.0. The molecule has 336 valence electrons. The molecular formula is C44H48N8O10S2. The van der Waals surface area contributed by atoms with E-state index in [4.69, 9.17) is 9.47 Å². The summed E-state index contributed by atoms with van der Waals surface area (Å²) >= 11 is 0. The van der Waals surface area contributed by atoms with Crippen LogP contribution in [0.5, 0.6) is 0 Å². The number of amides is 2. The number of nitrogens with one attached hydrogen (secondary N) is 2. The Labute approximate surface area is 372 Å². The van der Waals surface area contributed by atoms with Gasteiger partial charge < -0.3 is 19.3 Å². The van der Waals surface area contributed by atoms with Gasteiger partial charge in [0.25, 0.3) is 0 Å². The largest absolute Gasteiger partial charge is 0.462 e. The van der Waals surface area contributed by atoms with E-state index in [2.05, 4.69) is 25.5 Å². The number of aromatic nitrogens is 2. The molecule has 0 spiro atoms. The Morgan fingerprint density at radius 1 is 0.656 bits per heavy atom. The molecule has 0 aliphatic carbocycles. The van der Waals surface area contributed by atoms with Gasteiger partial charge in [-0.3, -0.25) is 19.0 Å². The van der Waals surface area contributed by atoms with Crippen LogP contribution < -0.4 is 19.2 Å². The van der Waals surface area contributed by atoms with Gasteiger partial charge in [-0.25, -0.2) is 36.4 Å². The summed E-state index contributed by atoms with van der Waals surface area (Å²) < 4.78 is 63.6. The molecule has 2 N–H and O–H groups in total. The first-order chi connectivity index (χ1) is 30.5. The van der Waals surface area contributed by atoms with Gasteiger partial charge in [0.2, 0.25) is 31.9 Å². The number of nitriles is 2. The van der Waals surface area contributed by atoms with E-state index in [0.29, 0.717) is 60.1 Å². The number of aryl methyl sites for hydroxylation is 2. The van der Waals surface area contributed by atoms with Crippen LogP contribution in [0.15, 0.2) is 72.8 Å². The zero-order valence-electron chi connectivity index (χ0n) is 35.7. The number of anilines is 2. The molecule has 0 saturated carbocycles. The van der Waals surface area contributed by atoms with Gasteiger partial charge in [0.1, 0.15) is 23.8 Å². The van der Waals surface area contributed by atoms with Crippen molar-refractivity contribution < 1.29 is 45.5 Å². The van der Waals surface area contributed by atoms with Crippen molar-refractivity contribution in [2.45, 2.75) is 52.0 Å². The normalized spacial score (nSPS) is 14.1. The van der Waals surface area contributed by atoms with E-state index in [1.165, 1.54) is 12.1 Å². The number of piperidine rings is 1. The molecule has 64 heavy (non-hydrogen) atoms. The monoisotopic (exact) mass is 912 g/mol. The topological polar surface area (TPSA) is 259 Å². The summed E-state index contributed by atoms with van der Waals surface area (Å²) in [6.45, 7) is 8.41. The summed E-state index contributed by atoms with van der Waals surface area (Å²) in [7, 11) is -7.61. The van der Waals surface area contributed by atoms with Crippen molar-refractivity contribution in [3.05, 3.63) is 118 Å². The van der Waals surface area contributed by atoms with Gasteiger partial charge in [-0.1, -0.05) is 60.7 Å². The lowest BCUT2D eigenvalue weighted by Crippen LogP contribution is -2.55. The molecule has 2 aliphatic rings. The Morgan fingerprint density at radius 3 is 1.44 bits per heavy atom. The second-order valence-electron chi connectivity index (χ2n) is 14.9. The first kappa shape index (κ1) is 48.1. The third-order valence-corrected chi connectivity index (χ3v) is 12.7. The average Bonchev–Trinajstić information content (AvgIpc) is 3.23. The predicted molar refractivity (Wildman–Crippen MR) is 234 cm³/mol. The van der Waals surface area contributed by atoms with Crippen molar-refractivity contribution in [1.29, 1.82) is 10.5 Å². The van der Waals surface area contributed by atoms with Gasteiger partial charge in [0, 0.05) is 32.1 Å². The molecule has 0 unspecified atom stereocenters. The Hall–Kier alpha value is -6.90. The number of rotatable bonds is 14. The van der Waals surface area contributed by atoms with E-state index in [9.17, 15) is 46.5 Å². The number of carbonyl (C=O) groups excluding carboxylic acids is 4. The van der Waals surface area contributed by atoms with Crippen molar-refractivity contribution in [2.24, 2.45) is 11.8 Å². The summed E-state index contributed by atoms with van der Waals surface area (Å²) in [6, 6.07) is 24.2. The molecule has 2 aromatic carbocycles. The highest BCUT2D eigenvalue weighted by atomic mass is 32.2. The van der Waals surface area contributed by atoms with Gasteiger partial charge in [-0.05, 0) is 63.8 Å². The Morgan fingerprint density at radius 2 is 1.05 bits per heavy atom. The van der Waals surface area contributed by atoms with Crippen molar-refractivity contribution in [3.8, 4) is 12.1 Å². The molecule has 4 heterocycles. The SMILES string of the molecule is CCOC(=O)c1cc(C#N)c(N2CC(C(=O)NS(=O)(=O)Cc3ccccc3)C2)nc1C.CCOC(=O)c1cc(C#N)c(N2CCC(C(=O)NS(=O)(=O)Cc3ccccc3)CC2)nc1C. The van der Waals surface area contributed by atoms with Crippen LogP contribution in [0.4, 0.5) is 11.6 Å². The van der Waals surface area contributed by atoms with Gasteiger partial charge in [-0.2, -0.15) is 10.5 Å². The first-order valence-corrected chi connectivity index (χ1v) is 23.6. The van der Waals surface area contributed by atoms with E-state index >= 15 is 0 Å². The maximum atomic E-state index is 12.6. The average molecular weight is 913 g/mol. The second kappa shape index (κ2) is 21.5. The van der Waals surface area contributed by atoms with Crippen LogP contribution >= 0.6 is 0 Å². The van der Waals surface area contributed by atoms with Crippen molar-refractivity contribution in [1.82, 2.24) is 19.4 Å². The minimum absolute atomic E-state index is 0.184. The number of nitrogens with zero attached hydrogens (tertiary/aromatic N) is 6.